The summed E-state index contributed by atoms with van der Waals surface area (Å²) in [7, 11) is 0. The van der Waals surface area contributed by atoms with Gasteiger partial charge in [-0.15, -0.1) is 0 Å². The molecule has 0 fully saturated rings. The molecule has 1 heteroatoms. The molecule has 0 radical (unpaired) electrons. The van der Waals surface area contributed by atoms with E-state index in [1.807, 2.05) is 0 Å². The number of rotatable bonds is 4. The Morgan fingerprint density at radius 3 is 1.42 bits per heavy atom. The number of allylic oxidation sites excluding steroid dienone is 8. The Hall–Kier alpha value is -0.157. The fraction of sp³-hybridized carbons (Fsp3) is 0.556. The molecule has 102 valence electrons. The SMILES string of the molecule is CC(C)C1=C[C](C)([Zr][C]2(C)C=CC(C(C)C)=C2)C=C1. The van der Waals surface area contributed by atoms with Gasteiger partial charge in [0.25, 0.3) is 0 Å². The van der Waals surface area contributed by atoms with E-state index in [0.29, 0.717) is 18.1 Å². The fourth-order valence-electron chi connectivity index (χ4n) is 2.88. The minimum absolute atomic E-state index is 0.380. The molecule has 0 aromatic carbocycles. The van der Waals surface area contributed by atoms with Crippen LogP contribution >= 0.6 is 0 Å². The predicted octanol–water partition coefficient (Wildman–Crippen LogP) is 5.73. The van der Waals surface area contributed by atoms with Crippen molar-refractivity contribution in [3.63, 3.8) is 0 Å². The first-order valence-corrected chi connectivity index (χ1v) is 9.82. The van der Waals surface area contributed by atoms with E-state index in [4.69, 9.17) is 0 Å². The second kappa shape index (κ2) is 5.32. The van der Waals surface area contributed by atoms with Gasteiger partial charge in [0, 0.05) is 0 Å². The van der Waals surface area contributed by atoms with E-state index < -0.39 is 23.2 Å². The Labute approximate surface area is 130 Å². The molecule has 0 aromatic rings. The molecule has 0 aliphatic heterocycles. The van der Waals surface area contributed by atoms with Gasteiger partial charge in [0.15, 0.2) is 0 Å². The maximum atomic E-state index is 2.55. The molecule has 0 spiro atoms. The van der Waals surface area contributed by atoms with Gasteiger partial charge in [-0.3, -0.25) is 0 Å². The first kappa shape index (κ1) is 15.2. The van der Waals surface area contributed by atoms with Crippen LogP contribution in [0, 0.1) is 11.8 Å². The zero-order chi connectivity index (χ0) is 14.3. The summed E-state index contributed by atoms with van der Waals surface area (Å²) >= 11 is -0.607. The van der Waals surface area contributed by atoms with E-state index in [1.54, 1.807) is 0 Å². The van der Waals surface area contributed by atoms with Crippen LogP contribution < -0.4 is 0 Å². The molecule has 0 heterocycles. The standard InChI is InChI=1S/2C9H13.Zr/c2*1-7(2)9-5-4-8(3)6-9;/h2*4-7H,1-3H3;. The third kappa shape index (κ3) is 3.49. The summed E-state index contributed by atoms with van der Waals surface area (Å²) in [6, 6.07) is 0. The van der Waals surface area contributed by atoms with Gasteiger partial charge in [0.1, 0.15) is 0 Å². The molecule has 2 atom stereocenters. The summed E-state index contributed by atoms with van der Waals surface area (Å²) in [5.41, 5.74) is 3.06. The van der Waals surface area contributed by atoms with Gasteiger partial charge in [-0.05, 0) is 0 Å². The molecular weight excluding hydrogens is 307 g/mol. The quantitative estimate of drug-likeness (QED) is 0.616. The van der Waals surface area contributed by atoms with Gasteiger partial charge in [0.2, 0.25) is 0 Å². The van der Waals surface area contributed by atoms with Crippen LogP contribution in [0.2, 0.25) is 6.25 Å². The van der Waals surface area contributed by atoms with Crippen molar-refractivity contribution in [2.75, 3.05) is 0 Å². The summed E-state index contributed by atoms with van der Waals surface area (Å²) in [4.78, 5) is 0. The van der Waals surface area contributed by atoms with Crippen molar-refractivity contribution in [2.45, 2.75) is 47.8 Å². The van der Waals surface area contributed by atoms with E-state index in [2.05, 4.69) is 78.0 Å². The molecule has 2 unspecified atom stereocenters. The molecule has 0 saturated carbocycles. The van der Waals surface area contributed by atoms with E-state index in [0.717, 1.165) is 0 Å². The molecule has 0 nitrogen and oxygen atoms in total. The molecule has 0 N–H and O–H groups in total. The number of hydrogen-bond donors (Lipinski definition) is 0. The van der Waals surface area contributed by atoms with Crippen LogP contribution in [0.25, 0.3) is 0 Å². The average Bonchev–Trinajstić information content (AvgIpc) is 2.83. The monoisotopic (exact) mass is 332 g/mol. The minimum atomic E-state index is -0.607. The Balaban J connectivity index is 2.16. The molecule has 0 amide bonds. The van der Waals surface area contributed by atoms with Crippen LogP contribution in [-0.2, 0) is 23.2 Å². The van der Waals surface area contributed by atoms with Gasteiger partial charge in [-0.1, -0.05) is 0 Å². The molecular formula is C18H26Zr. The van der Waals surface area contributed by atoms with Crippen molar-refractivity contribution >= 4 is 0 Å². The summed E-state index contributed by atoms with van der Waals surface area (Å²) in [6.45, 7) is 14.0. The van der Waals surface area contributed by atoms with E-state index in [-0.39, 0.29) is 0 Å². The van der Waals surface area contributed by atoms with E-state index in [1.165, 1.54) is 11.1 Å². The maximum absolute atomic E-state index is 2.55. The Morgan fingerprint density at radius 2 is 1.16 bits per heavy atom. The molecule has 0 saturated heterocycles. The fourth-order valence-corrected chi connectivity index (χ4v) is 7.72. The first-order chi connectivity index (χ1) is 8.73. The van der Waals surface area contributed by atoms with Crippen LogP contribution in [-0.4, -0.2) is 0 Å². The Morgan fingerprint density at radius 1 is 0.789 bits per heavy atom. The topological polar surface area (TPSA) is 0 Å². The van der Waals surface area contributed by atoms with Crippen molar-refractivity contribution in [1.29, 1.82) is 0 Å². The van der Waals surface area contributed by atoms with Crippen LogP contribution in [0.1, 0.15) is 41.5 Å². The van der Waals surface area contributed by atoms with Crippen LogP contribution in [0.5, 0.6) is 0 Å². The molecule has 2 aliphatic rings. The van der Waals surface area contributed by atoms with Crippen LogP contribution in [0.3, 0.4) is 0 Å². The number of hydrogen-bond acceptors (Lipinski definition) is 0. The van der Waals surface area contributed by atoms with Gasteiger partial charge >= 0.3 is 130 Å². The van der Waals surface area contributed by atoms with Crippen molar-refractivity contribution in [1.82, 2.24) is 0 Å². The van der Waals surface area contributed by atoms with Crippen LogP contribution in [0.4, 0.5) is 0 Å². The second-order valence-electron chi connectivity index (χ2n) is 6.96. The summed E-state index contributed by atoms with van der Waals surface area (Å²) in [6.07, 6.45) is 14.7. The summed E-state index contributed by atoms with van der Waals surface area (Å²) < 4.78 is 0.760. The van der Waals surface area contributed by atoms with Crippen molar-refractivity contribution < 1.29 is 23.2 Å². The molecule has 2 aliphatic carbocycles. The zero-order valence-corrected chi connectivity index (χ0v) is 15.6. The summed E-state index contributed by atoms with van der Waals surface area (Å²) in [5.74, 6) is 1.32. The Kier molecular flexibility index (Phi) is 4.27. The van der Waals surface area contributed by atoms with E-state index >= 15 is 0 Å². The third-order valence-corrected chi connectivity index (χ3v) is 8.23. The predicted molar refractivity (Wildman–Crippen MR) is 80.9 cm³/mol. The zero-order valence-electron chi connectivity index (χ0n) is 13.1. The van der Waals surface area contributed by atoms with Crippen molar-refractivity contribution in [3.8, 4) is 0 Å². The second-order valence-corrected chi connectivity index (χ2v) is 12.9. The normalized spacial score (nSPS) is 33.3. The first-order valence-electron chi connectivity index (χ1n) is 7.36. The van der Waals surface area contributed by atoms with Gasteiger partial charge < -0.3 is 0 Å². The third-order valence-electron chi connectivity index (χ3n) is 4.05. The molecule has 0 aromatic heterocycles. The van der Waals surface area contributed by atoms with E-state index in [9.17, 15) is 0 Å². The molecule has 0 bridgehead atoms. The van der Waals surface area contributed by atoms with Gasteiger partial charge in [-0.2, -0.15) is 0 Å². The molecule has 19 heavy (non-hydrogen) atoms. The van der Waals surface area contributed by atoms with Gasteiger partial charge in [-0.25, -0.2) is 0 Å². The van der Waals surface area contributed by atoms with Gasteiger partial charge in [0.05, 0.1) is 0 Å². The van der Waals surface area contributed by atoms with Crippen molar-refractivity contribution in [2.24, 2.45) is 11.8 Å². The average molecular weight is 334 g/mol. The summed E-state index contributed by atoms with van der Waals surface area (Å²) in [5, 5.41) is 0. The van der Waals surface area contributed by atoms with Crippen LogP contribution in [0.15, 0.2) is 47.6 Å². The Bertz CT molecular complexity index is 432. The molecule has 2 rings (SSSR count). The van der Waals surface area contributed by atoms with Crippen molar-refractivity contribution in [3.05, 3.63) is 47.6 Å².